The van der Waals surface area contributed by atoms with Crippen molar-refractivity contribution in [2.75, 3.05) is 6.54 Å². The Kier molecular flexibility index (Phi) is 2.87. The summed E-state index contributed by atoms with van der Waals surface area (Å²) in [5.74, 6) is 2.47. The third-order valence-corrected chi connectivity index (χ3v) is 3.50. The fourth-order valence-corrected chi connectivity index (χ4v) is 2.41. The van der Waals surface area contributed by atoms with E-state index in [1.807, 2.05) is 17.8 Å². The summed E-state index contributed by atoms with van der Waals surface area (Å²) in [6.45, 7) is 3.22. The van der Waals surface area contributed by atoms with Crippen molar-refractivity contribution in [1.82, 2.24) is 25.0 Å². The second-order valence-electron chi connectivity index (χ2n) is 4.87. The van der Waals surface area contributed by atoms with Crippen molar-refractivity contribution in [2.45, 2.75) is 25.8 Å². The first kappa shape index (κ1) is 11.4. The van der Waals surface area contributed by atoms with Gasteiger partial charge >= 0.3 is 0 Å². The zero-order valence-electron chi connectivity index (χ0n) is 10.6. The second-order valence-corrected chi connectivity index (χ2v) is 4.87. The molecular weight excluding hydrogens is 230 g/mol. The summed E-state index contributed by atoms with van der Waals surface area (Å²) in [4.78, 5) is 8.69. The van der Waals surface area contributed by atoms with Crippen molar-refractivity contribution in [3.05, 3.63) is 18.3 Å². The van der Waals surface area contributed by atoms with Crippen LogP contribution in [0.25, 0.3) is 11.6 Å². The van der Waals surface area contributed by atoms with Crippen LogP contribution in [0, 0.1) is 5.92 Å². The molecule has 1 N–H and O–H groups in total. The molecular formula is C12H17N5O. The molecule has 1 aliphatic rings. The van der Waals surface area contributed by atoms with Crippen molar-refractivity contribution in [2.24, 2.45) is 13.0 Å². The number of aryl methyl sites for hydroxylation is 1. The van der Waals surface area contributed by atoms with Gasteiger partial charge in [-0.25, -0.2) is 4.98 Å². The van der Waals surface area contributed by atoms with E-state index in [2.05, 4.69) is 27.4 Å². The van der Waals surface area contributed by atoms with E-state index in [1.165, 1.54) is 12.8 Å². The van der Waals surface area contributed by atoms with Gasteiger partial charge in [-0.2, -0.15) is 4.98 Å². The number of hydrogen-bond donors (Lipinski definition) is 1. The third kappa shape index (κ3) is 1.92. The zero-order valence-corrected chi connectivity index (χ0v) is 10.6. The van der Waals surface area contributed by atoms with Crippen LogP contribution in [0.2, 0.25) is 0 Å². The van der Waals surface area contributed by atoms with Crippen LogP contribution < -0.4 is 5.32 Å². The lowest BCUT2D eigenvalue weighted by Gasteiger charge is -2.26. The van der Waals surface area contributed by atoms with Crippen LogP contribution in [-0.2, 0) is 7.05 Å². The fourth-order valence-electron chi connectivity index (χ4n) is 2.41. The van der Waals surface area contributed by atoms with Gasteiger partial charge in [-0.15, -0.1) is 0 Å². The fraction of sp³-hybridized carbons (Fsp3) is 0.583. The van der Waals surface area contributed by atoms with E-state index in [1.54, 1.807) is 6.20 Å². The largest absolute Gasteiger partial charge is 0.337 e. The molecule has 0 bridgehead atoms. The van der Waals surface area contributed by atoms with E-state index in [0.717, 1.165) is 12.4 Å². The smallest absolute Gasteiger partial charge is 0.244 e. The van der Waals surface area contributed by atoms with Crippen LogP contribution in [0.5, 0.6) is 0 Å². The van der Waals surface area contributed by atoms with E-state index >= 15 is 0 Å². The SMILES string of the molecule is CC1CCCNC1c1nc(-c2nccn2C)no1. The number of nitrogens with zero attached hydrogens (tertiary/aromatic N) is 4. The van der Waals surface area contributed by atoms with Crippen molar-refractivity contribution in [3.63, 3.8) is 0 Å². The summed E-state index contributed by atoms with van der Waals surface area (Å²) in [5.41, 5.74) is 0. The van der Waals surface area contributed by atoms with Crippen molar-refractivity contribution < 1.29 is 4.52 Å². The van der Waals surface area contributed by atoms with Crippen molar-refractivity contribution >= 4 is 0 Å². The number of nitrogens with one attached hydrogen (secondary N) is 1. The van der Waals surface area contributed by atoms with Crippen LogP contribution in [-0.4, -0.2) is 26.2 Å². The van der Waals surface area contributed by atoms with Gasteiger partial charge in [0.15, 0.2) is 5.82 Å². The lowest BCUT2D eigenvalue weighted by molar-refractivity contribution is 0.239. The highest BCUT2D eigenvalue weighted by Gasteiger charge is 2.28. The molecule has 0 aromatic carbocycles. The molecule has 0 spiro atoms. The van der Waals surface area contributed by atoms with Crippen molar-refractivity contribution in [3.8, 4) is 11.6 Å². The van der Waals surface area contributed by atoms with Crippen molar-refractivity contribution in [1.29, 1.82) is 0 Å². The van der Waals surface area contributed by atoms with Crippen LogP contribution in [0.1, 0.15) is 31.7 Å². The molecule has 0 saturated carbocycles. The van der Waals surface area contributed by atoms with E-state index in [-0.39, 0.29) is 6.04 Å². The average molecular weight is 247 g/mol. The number of aromatic nitrogens is 4. The maximum Gasteiger partial charge on any atom is 0.244 e. The number of rotatable bonds is 2. The topological polar surface area (TPSA) is 68.8 Å². The standard InChI is InChI=1S/C12H17N5O/c1-8-4-3-5-13-9(8)12-15-10(16-18-12)11-14-6-7-17(11)2/h6-9,13H,3-5H2,1-2H3. The molecule has 2 aromatic heterocycles. The summed E-state index contributed by atoms with van der Waals surface area (Å²) in [6.07, 6.45) is 6.00. The van der Waals surface area contributed by atoms with Gasteiger partial charge in [-0.1, -0.05) is 12.1 Å². The Morgan fingerprint density at radius 3 is 3.11 bits per heavy atom. The van der Waals surface area contributed by atoms with Gasteiger partial charge < -0.3 is 14.4 Å². The summed E-state index contributed by atoms with van der Waals surface area (Å²) < 4.78 is 7.26. The van der Waals surface area contributed by atoms with E-state index in [9.17, 15) is 0 Å². The Morgan fingerprint density at radius 1 is 1.50 bits per heavy atom. The molecule has 0 radical (unpaired) electrons. The Balaban J connectivity index is 1.87. The maximum atomic E-state index is 5.38. The number of imidazole rings is 1. The molecule has 6 heteroatoms. The van der Waals surface area contributed by atoms with Crippen LogP contribution >= 0.6 is 0 Å². The molecule has 0 amide bonds. The molecule has 2 unspecified atom stereocenters. The van der Waals surface area contributed by atoms with Gasteiger partial charge in [0.1, 0.15) is 0 Å². The van der Waals surface area contributed by atoms with Crippen LogP contribution in [0.15, 0.2) is 16.9 Å². The lowest BCUT2D eigenvalue weighted by Crippen LogP contribution is -2.33. The Bertz CT molecular complexity index is 532. The molecule has 3 rings (SSSR count). The summed E-state index contributed by atoms with van der Waals surface area (Å²) in [5, 5.41) is 7.45. The molecule has 2 aromatic rings. The van der Waals surface area contributed by atoms with Gasteiger partial charge in [0.2, 0.25) is 11.7 Å². The molecule has 2 atom stereocenters. The molecule has 1 aliphatic heterocycles. The predicted octanol–water partition coefficient (Wildman–Crippen LogP) is 1.53. The minimum atomic E-state index is 0.167. The highest BCUT2D eigenvalue weighted by molar-refractivity contribution is 5.42. The first-order valence-corrected chi connectivity index (χ1v) is 6.30. The zero-order chi connectivity index (χ0) is 12.5. The highest BCUT2D eigenvalue weighted by Crippen LogP contribution is 2.28. The van der Waals surface area contributed by atoms with Gasteiger partial charge in [-0.3, -0.25) is 0 Å². The number of hydrogen-bond acceptors (Lipinski definition) is 5. The molecule has 96 valence electrons. The highest BCUT2D eigenvalue weighted by atomic mass is 16.5. The lowest BCUT2D eigenvalue weighted by atomic mass is 9.93. The molecule has 1 fully saturated rings. The Labute approximate surface area is 105 Å². The van der Waals surface area contributed by atoms with E-state index in [4.69, 9.17) is 4.52 Å². The normalized spacial score (nSPS) is 24.3. The Hall–Kier alpha value is -1.69. The summed E-state index contributed by atoms with van der Waals surface area (Å²) in [7, 11) is 1.92. The first-order chi connectivity index (χ1) is 8.75. The second kappa shape index (κ2) is 4.53. The predicted molar refractivity (Wildman–Crippen MR) is 65.6 cm³/mol. The van der Waals surface area contributed by atoms with Gasteiger partial charge in [-0.05, 0) is 25.3 Å². The van der Waals surface area contributed by atoms with Crippen LogP contribution in [0.3, 0.4) is 0 Å². The Morgan fingerprint density at radius 2 is 2.39 bits per heavy atom. The quantitative estimate of drug-likeness (QED) is 0.871. The van der Waals surface area contributed by atoms with Gasteiger partial charge in [0.05, 0.1) is 6.04 Å². The third-order valence-electron chi connectivity index (χ3n) is 3.50. The minimum Gasteiger partial charge on any atom is -0.337 e. The summed E-state index contributed by atoms with van der Waals surface area (Å²) in [6, 6.07) is 0.167. The van der Waals surface area contributed by atoms with Gasteiger partial charge in [0.25, 0.3) is 0 Å². The van der Waals surface area contributed by atoms with Crippen LogP contribution in [0.4, 0.5) is 0 Å². The molecule has 0 aliphatic carbocycles. The average Bonchev–Trinajstić information content (AvgIpc) is 2.98. The van der Waals surface area contributed by atoms with E-state index < -0.39 is 0 Å². The molecule has 6 nitrogen and oxygen atoms in total. The first-order valence-electron chi connectivity index (χ1n) is 6.30. The maximum absolute atomic E-state index is 5.38. The monoisotopic (exact) mass is 247 g/mol. The number of piperidine rings is 1. The minimum absolute atomic E-state index is 0.167. The molecule has 18 heavy (non-hydrogen) atoms. The van der Waals surface area contributed by atoms with Gasteiger partial charge in [0, 0.05) is 19.4 Å². The summed E-state index contributed by atoms with van der Waals surface area (Å²) >= 11 is 0. The molecule has 3 heterocycles. The molecule has 1 saturated heterocycles. The van der Waals surface area contributed by atoms with E-state index in [0.29, 0.717) is 17.6 Å².